The van der Waals surface area contributed by atoms with E-state index in [1.165, 1.54) is 21.2 Å². The van der Waals surface area contributed by atoms with Crippen molar-refractivity contribution in [1.29, 1.82) is 0 Å². The molecular weight excluding hydrogens is 386 g/mol. The van der Waals surface area contributed by atoms with Crippen LogP contribution in [-0.4, -0.2) is 12.3 Å². The van der Waals surface area contributed by atoms with E-state index >= 15 is 0 Å². The van der Waals surface area contributed by atoms with Crippen LogP contribution >= 0.6 is 15.8 Å². The van der Waals surface area contributed by atoms with Crippen LogP contribution in [0.4, 0.5) is 0 Å². The molecule has 0 aromatic heterocycles. The first-order chi connectivity index (χ1) is 14.3. The summed E-state index contributed by atoms with van der Waals surface area (Å²) in [6, 6.07) is 45.0. The van der Waals surface area contributed by atoms with E-state index in [0.29, 0.717) is 0 Å². The van der Waals surface area contributed by atoms with E-state index in [0.717, 1.165) is 18.7 Å². The van der Waals surface area contributed by atoms with Gasteiger partial charge in [-0.3, -0.25) is 0 Å². The third-order valence-corrected chi connectivity index (χ3v) is 13.5. The maximum absolute atomic E-state index is 2.94. The van der Waals surface area contributed by atoms with E-state index in [2.05, 4.69) is 131 Å². The molecule has 0 spiro atoms. The van der Waals surface area contributed by atoms with Crippen molar-refractivity contribution < 1.29 is 0 Å². The van der Waals surface area contributed by atoms with E-state index in [1.54, 1.807) is 0 Å². The summed E-state index contributed by atoms with van der Waals surface area (Å²) in [5.41, 5.74) is 0. The van der Waals surface area contributed by atoms with Crippen LogP contribution in [0.25, 0.3) is 0 Å². The molecule has 0 radical (unpaired) electrons. The van der Waals surface area contributed by atoms with Crippen molar-refractivity contribution in [3.05, 3.63) is 121 Å². The molecule has 0 aliphatic rings. The Morgan fingerprint density at radius 1 is 0.448 bits per heavy atom. The number of rotatable bonds is 7. The van der Waals surface area contributed by atoms with Gasteiger partial charge in [0.15, 0.2) is 0 Å². The molecule has 4 aromatic rings. The fraction of sp³-hybridized carbons (Fsp3) is 0.111. The molecule has 2 heteroatoms. The molecule has 0 heterocycles. The SMILES string of the molecule is PCCCP(c1ccccc1)(c1ccccc1)(c1ccccc1)c1ccccc1. The average Bonchev–Trinajstić information content (AvgIpc) is 2.83. The fourth-order valence-electron chi connectivity index (χ4n) is 4.85. The molecule has 0 amide bonds. The van der Waals surface area contributed by atoms with Gasteiger partial charge in [0.25, 0.3) is 0 Å². The first kappa shape index (κ1) is 20.0. The van der Waals surface area contributed by atoms with Crippen LogP contribution in [0, 0.1) is 0 Å². The Morgan fingerprint density at radius 2 is 0.724 bits per heavy atom. The summed E-state index contributed by atoms with van der Waals surface area (Å²) in [7, 11) is 2.94. The summed E-state index contributed by atoms with van der Waals surface area (Å²) >= 11 is 0. The van der Waals surface area contributed by atoms with Crippen molar-refractivity contribution in [1.82, 2.24) is 0 Å². The molecule has 0 aliphatic carbocycles. The molecule has 0 aliphatic heterocycles. The van der Waals surface area contributed by atoms with Crippen LogP contribution in [0.1, 0.15) is 6.42 Å². The van der Waals surface area contributed by atoms with Crippen molar-refractivity contribution in [3.8, 4) is 0 Å². The first-order valence-electron chi connectivity index (χ1n) is 10.3. The van der Waals surface area contributed by atoms with Gasteiger partial charge in [-0.25, -0.2) is 0 Å². The minimum absolute atomic E-state index is 1.09. The van der Waals surface area contributed by atoms with Crippen LogP contribution in [0.5, 0.6) is 0 Å². The van der Waals surface area contributed by atoms with Gasteiger partial charge in [0, 0.05) is 0 Å². The van der Waals surface area contributed by atoms with Crippen molar-refractivity contribution in [2.24, 2.45) is 0 Å². The fourth-order valence-corrected chi connectivity index (χ4v) is 12.4. The minimum atomic E-state index is -2.91. The Labute approximate surface area is 177 Å². The summed E-state index contributed by atoms with van der Waals surface area (Å²) in [6.07, 6.45) is 3.37. The maximum atomic E-state index is 2.94. The summed E-state index contributed by atoms with van der Waals surface area (Å²) < 4.78 is 0. The van der Waals surface area contributed by atoms with Crippen molar-refractivity contribution in [2.45, 2.75) is 6.42 Å². The van der Waals surface area contributed by atoms with Crippen LogP contribution in [0.15, 0.2) is 121 Å². The molecular formula is C27H28P2. The number of hydrogen-bond donors (Lipinski definition) is 0. The van der Waals surface area contributed by atoms with Gasteiger partial charge in [-0.15, -0.1) is 0 Å². The Morgan fingerprint density at radius 3 is 0.966 bits per heavy atom. The Kier molecular flexibility index (Phi) is 5.96. The van der Waals surface area contributed by atoms with Gasteiger partial charge in [-0.05, 0) is 0 Å². The topological polar surface area (TPSA) is 0 Å². The molecule has 0 saturated heterocycles. The Bertz CT molecular complexity index is 859. The first-order valence-corrected chi connectivity index (χ1v) is 13.5. The van der Waals surface area contributed by atoms with Gasteiger partial charge in [0.05, 0.1) is 0 Å². The average molecular weight is 414 g/mol. The van der Waals surface area contributed by atoms with Gasteiger partial charge in [-0.1, -0.05) is 0 Å². The number of benzene rings is 4. The van der Waals surface area contributed by atoms with E-state index in [-0.39, 0.29) is 0 Å². The molecule has 146 valence electrons. The zero-order chi connectivity index (χ0) is 20.0. The standard InChI is InChI=1S/C27H28P2/c28-22-13-23-29(24-14-5-1-6-15-24,25-16-7-2-8-17-25,26-18-9-3-10-19-26)27-20-11-4-12-21-27/h1-12,14-21H,13,22-23,28H2. The van der Waals surface area contributed by atoms with Gasteiger partial charge in [0.1, 0.15) is 0 Å². The second kappa shape index (κ2) is 8.62. The van der Waals surface area contributed by atoms with Crippen molar-refractivity contribution in [2.75, 3.05) is 12.3 Å². The molecule has 4 rings (SSSR count). The molecule has 4 aromatic carbocycles. The quantitative estimate of drug-likeness (QED) is 0.369. The van der Waals surface area contributed by atoms with Crippen LogP contribution in [0.2, 0.25) is 0 Å². The van der Waals surface area contributed by atoms with E-state index in [9.17, 15) is 0 Å². The zero-order valence-corrected chi connectivity index (χ0v) is 18.7. The molecule has 0 saturated carbocycles. The molecule has 1 atom stereocenters. The van der Waals surface area contributed by atoms with Crippen LogP contribution < -0.4 is 21.2 Å². The molecule has 0 N–H and O–H groups in total. The summed E-state index contributed by atoms with van der Waals surface area (Å²) in [4.78, 5) is 0. The zero-order valence-electron chi connectivity index (χ0n) is 16.7. The van der Waals surface area contributed by atoms with Gasteiger partial charge in [-0.2, -0.15) is 0 Å². The summed E-state index contributed by atoms with van der Waals surface area (Å²) in [5.74, 6) is 0. The van der Waals surface area contributed by atoms with Crippen molar-refractivity contribution >= 4 is 37.1 Å². The second-order valence-corrected chi connectivity index (χ2v) is 13.2. The predicted molar refractivity (Wildman–Crippen MR) is 135 cm³/mol. The van der Waals surface area contributed by atoms with Crippen molar-refractivity contribution in [3.63, 3.8) is 0 Å². The molecule has 1 unspecified atom stereocenters. The monoisotopic (exact) mass is 414 g/mol. The van der Waals surface area contributed by atoms with E-state index in [1.807, 2.05) is 0 Å². The summed E-state index contributed by atoms with van der Waals surface area (Å²) in [6.45, 7) is -2.91. The third-order valence-electron chi connectivity index (χ3n) is 6.11. The third kappa shape index (κ3) is 3.16. The normalized spacial score (nSPS) is 12.8. The Hall–Kier alpha value is -2.26. The predicted octanol–water partition coefficient (Wildman–Crippen LogP) is 5.11. The van der Waals surface area contributed by atoms with Gasteiger partial charge in [0.2, 0.25) is 0 Å². The molecule has 0 fully saturated rings. The Balaban J connectivity index is 2.25. The number of hydrogen-bond acceptors (Lipinski definition) is 0. The second-order valence-electron chi connectivity index (χ2n) is 7.51. The summed E-state index contributed by atoms with van der Waals surface area (Å²) in [5, 5.41) is 5.78. The van der Waals surface area contributed by atoms with Crippen LogP contribution in [0.3, 0.4) is 0 Å². The molecule has 0 nitrogen and oxygen atoms in total. The van der Waals surface area contributed by atoms with E-state index < -0.39 is 6.60 Å². The van der Waals surface area contributed by atoms with E-state index in [4.69, 9.17) is 0 Å². The molecule has 0 bridgehead atoms. The van der Waals surface area contributed by atoms with Gasteiger partial charge >= 0.3 is 177 Å². The van der Waals surface area contributed by atoms with Crippen LogP contribution in [-0.2, 0) is 0 Å². The van der Waals surface area contributed by atoms with Gasteiger partial charge < -0.3 is 0 Å². The molecule has 29 heavy (non-hydrogen) atoms.